The fraction of sp³-hybridized carbons (Fsp3) is 0.286. The van der Waals surface area contributed by atoms with E-state index in [1.54, 1.807) is 0 Å². The van der Waals surface area contributed by atoms with Crippen molar-refractivity contribution in [1.82, 2.24) is 0 Å². The summed E-state index contributed by atoms with van der Waals surface area (Å²) in [4.78, 5) is 5.33. The maximum absolute atomic E-state index is 4.00. The van der Waals surface area contributed by atoms with Crippen LogP contribution in [0.15, 0.2) is 72.8 Å². The number of hydrogen-bond donors (Lipinski definition) is 0. The Morgan fingerprint density at radius 3 is 1.17 bits per heavy atom. The predicted octanol–water partition coefficient (Wildman–Crippen LogP) is 14.7. The first-order valence-corrected chi connectivity index (χ1v) is 26.0. The van der Waals surface area contributed by atoms with Crippen molar-refractivity contribution in [2.45, 2.75) is 77.8 Å². The van der Waals surface area contributed by atoms with Crippen molar-refractivity contribution in [3.8, 4) is 42.4 Å². The van der Waals surface area contributed by atoms with Gasteiger partial charge in [-0.3, -0.25) is 0 Å². The van der Waals surface area contributed by atoms with Gasteiger partial charge in [-0.2, -0.15) is 0 Å². The topological polar surface area (TPSA) is 0 Å². The van der Waals surface area contributed by atoms with E-state index < -0.39 is 16.1 Å². The van der Waals surface area contributed by atoms with Crippen molar-refractivity contribution in [2.24, 2.45) is 0 Å². The van der Waals surface area contributed by atoms with E-state index in [0.29, 0.717) is 0 Å². The highest BCUT2D eigenvalue weighted by Crippen LogP contribution is 2.48. The van der Waals surface area contributed by atoms with Gasteiger partial charge in [0, 0.05) is 39.7 Å². The Labute approximate surface area is 303 Å². The molecule has 0 saturated heterocycles. The number of benzene rings is 3. The molecule has 0 N–H and O–H groups in total. The van der Waals surface area contributed by atoms with Gasteiger partial charge >= 0.3 is 0 Å². The summed E-state index contributed by atoms with van der Waals surface area (Å²) in [5.41, 5.74) is 10.5. The van der Waals surface area contributed by atoms with Crippen molar-refractivity contribution in [3.63, 3.8) is 0 Å². The molecule has 0 atom stereocenters. The highest BCUT2D eigenvalue weighted by Gasteiger charge is 2.27. The number of thiophene rings is 4. The van der Waals surface area contributed by atoms with Gasteiger partial charge in [0.25, 0.3) is 0 Å². The predicted molar refractivity (Wildman–Crippen MR) is 227 cm³/mol. The van der Waals surface area contributed by atoms with Gasteiger partial charge in [-0.05, 0) is 83.4 Å². The van der Waals surface area contributed by atoms with E-state index in [1.807, 2.05) is 45.3 Å². The van der Waals surface area contributed by atoms with Crippen LogP contribution in [0, 0.1) is 22.9 Å². The van der Waals surface area contributed by atoms with E-state index in [2.05, 4.69) is 137 Å². The first kappa shape index (κ1) is 33.5. The van der Waals surface area contributed by atoms with Gasteiger partial charge in [-0.15, -0.1) is 56.4 Å². The Bertz CT molecular complexity index is 2100. The van der Waals surface area contributed by atoms with Crippen LogP contribution >= 0.6 is 45.3 Å². The molecule has 0 spiro atoms. The summed E-state index contributed by atoms with van der Waals surface area (Å²) in [6.07, 6.45) is 0. The average molecular weight is 731 g/mol. The lowest BCUT2D eigenvalue weighted by Gasteiger charge is -2.20. The SMILES string of the molecule is CC[Si](C#Cc1c2cc(-c3cc4ccccc4s3)sc2c(C#C[Si](CC)(CC)CC)c2cc(-c3cc4ccccc4s3)sc12)(CC)CC. The lowest BCUT2D eigenvalue weighted by molar-refractivity contribution is 1.20. The summed E-state index contributed by atoms with van der Waals surface area (Å²) in [5, 5.41) is 5.23. The van der Waals surface area contributed by atoms with Crippen LogP contribution < -0.4 is 0 Å². The van der Waals surface area contributed by atoms with Gasteiger partial charge in [0.2, 0.25) is 0 Å². The fourth-order valence-electron chi connectivity index (χ4n) is 6.89. The molecule has 4 heterocycles. The zero-order valence-corrected chi connectivity index (χ0v) is 34.1. The van der Waals surface area contributed by atoms with Crippen molar-refractivity contribution in [1.29, 1.82) is 0 Å². The number of hydrogen-bond acceptors (Lipinski definition) is 4. The van der Waals surface area contributed by atoms with Crippen LogP contribution in [0.1, 0.15) is 52.7 Å². The Kier molecular flexibility index (Phi) is 9.61. The monoisotopic (exact) mass is 730 g/mol. The van der Waals surface area contributed by atoms with E-state index in [4.69, 9.17) is 0 Å². The van der Waals surface area contributed by atoms with Crippen LogP contribution in [0.4, 0.5) is 0 Å². The first-order valence-electron chi connectivity index (χ1n) is 17.5. The summed E-state index contributed by atoms with van der Waals surface area (Å²) in [6, 6.07) is 34.4. The summed E-state index contributed by atoms with van der Waals surface area (Å²) in [6.45, 7) is 14.2. The van der Waals surface area contributed by atoms with Crippen LogP contribution in [-0.4, -0.2) is 16.1 Å². The molecule has 7 aromatic rings. The molecule has 0 aliphatic rings. The second-order valence-corrected chi connectivity index (χ2v) is 27.1. The van der Waals surface area contributed by atoms with Crippen LogP contribution in [0.3, 0.4) is 0 Å². The molecule has 0 fully saturated rings. The molecule has 48 heavy (non-hydrogen) atoms. The van der Waals surface area contributed by atoms with Crippen molar-refractivity contribution >= 4 is 102 Å². The molecule has 6 heteroatoms. The minimum absolute atomic E-state index is 1.20. The molecule has 0 aliphatic carbocycles. The van der Waals surface area contributed by atoms with E-state index in [1.165, 1.54) is 107 Å². The van der Waals surface area contributed by atoms with E-state index >= 15 is 0 Å². The fourth-order valence-corrected chi connectivity index (χ4v) is 16.4. The molecular formula is C42H42S4Si2. The molecule has 0 nitrogen and oxygen atoms in total. The second kappa shape index (κ2) is 13.8. The smallest absolute Gasteiger partial charge is 0.134 e. The van der Waals surface area contributed by atoms with Gasteiger partial charge in [0.05, 0.1) is 20.5 Å². The third-order valence-corrected chi connectivity index (χ3v) is 25.1. The molecule has 0 saturated carbocycles. The zero-order chi connectivity index (χ0) is 33.5. The lowest BCUT2D eigenvalue weighted by atomic mass is 10.0. The van der Waals surface area contributed by atoms with Crippen molar-refractivity contribution < 1.29 is 0 Å². The summed E-state index contributed by atoms with van der Waals surface area (Å²) in [7, 11) is -3.35. The standard InChI is InChI=1S/C42H42S4Si2/c1-7-47(8-2,9-3)23-21-31-33-27-39(37-25-29-17-13-15-19-35(29)43-37)46-42(33)32(22-24-48(10-4,11-5)12-6)34-28-40(45-41(31)34)38-26-30-18-14-16-20-36(30)44-38/h13-20,25-28H,7-12H2,1-6H3. The quantitative estimate of drug-likeness (QED) is 0.108. The molecule has 0 unspecified atom stereocenters. The average Bonchev–Trinajstić information content (AvgIpc) is 3.94. The van der Waals surface area contributed by atoms with Gasteiger partial charge in [-0.1, -0.05) is 89.8 Å². The lowest BCUT2D eigenvalue weighted by Crippen LogP contribution is -2.29. The molecule has 242 valence electrons. The molecule has 0 radical (unpaired) electrons. The number of rotatable bonds is 8. The molecule has 0 amide bonds. The maximum Gasteiger partial charge on any atom is 0.138 e. The van der Waals surface area contributed by atoms with E-state index in [9.17, 15) is 0 Å². The molecule has 3 aromatic carbocycles. The third-order valence-electron chi connectivity index (χ3n) is 10.8. The third kappa shape index (κ3) is 5.96. The number of fused-ring (bicyclic) bond motifs is 4. The Morgan fingerprint density at radius 1 is 0.458 bits per heavy atom. The van der Waals surface area contributed by atoms with Gasteiger partial charge in [0.15, 0.2) is 0 Å². The largest absolute Gasteiger partial charge is 0.138 e. The molecule has 0 aliphatic heterocycles. The molecule has 0 bridgehead atoms. The van der Waals surface area contributed by atoms with Crippen LogP contribution in [0.2, 0.25) is 36.3 Å². The molecular weight excluding hydrogens is 689 g/mol. The minimum atomic E-state index is -1.67. The normalized spacial score (nSPS) is 12.1. The highest BCUT2D eigenvalue weighted by atomic mass is 32.1. The second-order valence-electron chi connectivity index (χ2n) is 12.9. The maximum atomic E-state index is 4.00. The zero-order valence-electron chi connectivity index (χ0n) is 28.8. The van der Waals surface area contributed by atoms with E-state index in [-0.39, 0.29) is 0 Å². The summed E-state index contributed by atoms with van der Waals surface area (Å²) >= 11 is 7.65. The molecule has 7 rings (SSSR count). The highest BCUT2D eigenvalue weighted by molar-refractivity contribution is 7.30. The Morgan fingerprint density at radius 2 is 0.812 bits per heavy atom. The Balaban J connectivity index is 1.56. The summed E-state index contributed by atoms with van der Waals surface area (Å²) in [5.74, 6) is 7.87. The van der Waals surface area contributed by atoms with Gasteiger partial charge < -0.3 is 0 Å². The first-order chi connectivity index (χ1) is 23.4. The van der Waals surface area contributed by atoms with E-state index in [0.717, 1.165) is 0 Å². The molecule has 4 aromatic heterocycles. The van der Waals surface area contributed by atoms with Gasteiger partial charge in [0.1, 0.15) is 16.1 Å². The van der Waals surface area contributed by atoms with Gasteiger partial charge in [-0.25, -0.2) is 0 Å². The van der Waals surface area contributed by atoms with Crippen LogP contribution in [-0.2, 0) is 0 Å². The minimum Gasteiger partial charge on any atom is -0.134 e. The van der Waals surface area contributed by atoms with Crippen LogP contribution in [0.5, 0.6) is 0 Å². The summed E-state index contributed by atoms with van der Waals surface area (Å²) < 4.78 is 5.31. The van der Waals surface area contributed by atoms with Crippen molar-refractivity contribution in [2.75, 3.05) is 0 Å². The van der Waals surface area contributed by atoms with Crippen molar-refractivity contribution in [3.05, 3.63) is 83.9 Å². The Hall–Kier alpha value is -2.95. The van der Waals surface area contributed by atoms with Crippen LogP contribution in [0.25, 0.3) is 59.9 Å².